The molecule has 1 aliphatic carbocycles. The summed E-state index contributed by atoms with van der Waals surface area (Å²) in [5.41, 5.74) is 14.4. The monoisotopic (exact) mass is 848 g/mol. The molecule has 0 aromatic heterocycles. The SMILES string of the molecule is CC(C)(C)c1[c-]c2c(cc1)-c1ccc(C(C)(C)C)cc1C2.CCCCc1cc(C(C)(C)C)c[cH-]1.Clc1ccc([C](=[Zr+2])c2ccc(Cl)cc2)cc1.[Cl-].[Cl-]. The zero-order valence-electron chi connectivity index (χ0n) is 32.6. The van der Waals surface area contributed by atoms with Crippen LogP contribution in [0, 0.1) is 6.07 Å². The van der Waals surface area contributed by atoms with Gasteiger partial charge in [0, 0.05) is 0 Å². The number of rotatable bonds is 5. The summed E-state index contributed by atoms with van der Waals surface area (Å²) in [5, 5.41) is 1.53. The molecule has 0 N–H and O–H groups in total. The molecule has 0 spiro atoms. The van der Waals surface area contributed by atoms with Gasteiger partial charge < -0.3 is 24.8 Å². The maximum absolute atomic E-state index is 5.86. The van der Waals surface area contributed by atoms with Crippen molar-refractivity contribution in [2.75, 3.05) is 0 Å². The Labute approximate surface area is 352 Å². The summed E-state index contributed by atoms with van der Waals surface area (Å²) >= 11 is 13.1. The first kappa shape index (κ1) is 46.3. The summed E-state index contributed by atoms with van der Waals surface area (Å²) in [6.07, 6.45) is 4.87. The first-order valence-corrected chi connectivity index (χ1v) is 19.9. The first-order valence-electron chi connectivity index (χ1n) is 17.9. The van der Waals surface area contributed by atoms with Gasteiger partial charge in [0.25, 0.3) is 0 Å². The number of aryl methyl sites for hydroxylation is 1. The van der Waals surface area contributed by atoms with Crippen molar-refractivity contribution < 1.29 is 49.0 Å². The normalized spacial score (nSPS) is 11.8. The van der Waals surface area contributed by atoms with Crippen LogP contribution in [-0.4, -0.2) is 3.21 Å². The summed E-state index contributed by atoms with van der Waals surface area (Å²) in [6, 6.07) is 37.9. The van der Waals surface area contributed by atoms with Crippen LogP contribution in [0.2, 0.25) is 10.0 Å². The van der Waals surface area contributed by atoms with Crippen molar-refractivity contribution in [1.29, 1.82) is 0 Å². The molecule has 5 heteroatoms. The molecule has 0 bridgehead atoms. The second kappa shape index (κ2) is 19.6. The predicted octanol–water partition coefficient (Wildman–Crippen LogP) is 7.82. The molecule has 52 heavy (non-hydrogen) atoms. The minimum Gasteiger partial charge on any atom is -1.00 e. The van der Waals surface area contributed by atoms with Crippen molar-refractivity contribution in [1.82, 2.24) is 0 Å². The molecule has 6 rings (SSSR count). The van der Waals surface area contributed by atoms with Crippen molar-refractivity contribution in [3.8, 4) is 11.1 Å². The molecule has 0 amide bonds. The molecule has 5 aromatic rings. The van der Waals surface area contributed by atoms with Crippen LogP contribution in [0.5, 0.6) is 0 Å². The average molecular weight is 852 g/mol. The van der Waals surface area contributed by atoms with Gasteiger partial charge in [-0.05, 0) is 28.4 Å². The second-order valence-corrected chi connectivity index (χ2v) is 18.7. The van der Waals surface area contributed by atoms with E-state index in [1.165, 1.54) is 102 Å². The Balaban J connectivity index is 0.000000273. The molecule has 0 unspecified atom stereocenters. The van der Waals surface area contributed by atoms with Gasteiger partial charge in [0.05, 0.1) is 0 Å². The van der Waals surface area contributed by atoms with Crippen molar-refractivity contribution in [3.63, 3.8) is 0 Å². The minimum atomic E-state index is 0. The maximum Gasteiger partial charge on any atom is -1.00 e. The van der Waals surface area contributed by atoms with Gasteiger partial charge in [-0.25, -0.2) is 6.07 Å². The van der Waals surface area contributed by atoms with Gasteiger partial charge >= 0.3 is 120 Å². The summed E-state index contributed by atoms with van der Waals surface area (Å²) in [7, 11) is 0. The van der Waals surface area contributed by atoms with E-state index in [1.54, 1.807) is 0 Å². The quantitative estimate of drug-likeness (QED) is 0.156. The largest absolute Gasteiger partial charge is 1.00 e. The number of benzene rings is 4. The Morgan fingerprint density at radius 2 is 1.19 bits per heavy atom. The van der Waals surface area contributed by atoms with Gasteiger partial charge in [0.2, 0.25) is 0 Å². The molecule has 276 valence electrons. The van der Waals surface area contributed by atoms with Crippen LogP contribution in [0.4, 0.5) is 0 Å². The zero-order chi connectivity index (χ0) is 36.9. The first-order chi connectivity index (χ1) is 23.4. The summed E-state index contributed by atoms with van der Waals surface area (Å²) in [6.45, 7) is 22.7. The van der Waals surface area contributed by atoms with Gasteiger partial charge in [0.15, 0.2) is 0 Å². The molecule has 0 atom stereocenters. The zero-order valence-corrected chi connectivity index (χ0v) is 38.1. The number of unbranched alkanes of at least 4 members (excludes halogenated alkanes) is 1. The van der Waals surface area contributed by atoms with E-state index < -0.39 is 0 Å². The van der Waals surface area contributed by atoms with Crippen molar-refractivity contribution >= 4 is 26.4 Å². The number of halogens is 4. The van der Waals surface area contributed by atoms with Crippen LogP contribution in [0.3, 0.4) is 0 Å². The van der Waals surface area contributed by atoms with E-state index >= 15 is 0 Å². The van der Waals surface area contributed by atoms with Gasteiger partial charge in [-0.1, -0.05) is 118 Å². The Bertz CT molecular complexity index is 1770. The molecular formula is C47H54Cl4Zr-2. The number of hydrogen-bond acceptors (Lipinski definition) is 0. The fourth-order valence-electron chi connectivity index (χ4n) is 5.92. The van der Waals surface area contributed by atoms with E-state index in [-0.39, 0.29) is 35.6 Å². The molecule has 0 saturated carbocycles. The standard InChI is InChI=1S/C21H25.C13H8Cl2.C13H21.2ClH.Zr/c1-20(2,3)16-7-9-18-14(12-16)11-15-13-17(21(4,5)6)8-10-19(15)18;14-12-5-1-10(2-6-12)9-11-3-7-13(15)8-4-11;1-5-6-7-11-8-9-12(10-11)13(2,3)4;;;/h7-10,12H,11H2,1-6H3;1-8H;8-10H,5-7H2,1-4H3;2*1H;/q-1;;-1;;;+2/p-2. The van der Waals surface area contributed by atoms with E-state index in [0.29, 0.717) is 5.41 Å². The third-order valence-corrected chi connectivity index (χ3v) is 11.2. The Morgan fingerprint density at radius 1 is 0.673 bits per heavy atom. The van der Waals surface area contributed by atoms with Crippen LogP contribution < -0.4 is 24.8 Å². The molecular weight excluding hydrogens is 798 g/mol. The van der Waals surface area contributed by atoms with E-state index in [9.17, 15) is 0 Å². The van der Waals surface area contributed by atoms with Gasteiger partial charge in [-0.2, -0.15) is 47.0 Å². The number of fused-ring (bicyclic) bond motifs is 3. The maximum atomic E-state index is 5.86. The van der Waals surface area contributed by atoms with Crippen LogP contribution in [0.1, 0.15) is 127 Å². The Morgan fingerprint density at radius 3 is 1.65 bits per heavy atom. The van der Waals surface area contributed by atoms with Gasteiger partial charge in [0.1, 0.15) is 0 Å². The molecule has 0 fully saturated rings. The van der Waals surface area contributed by atoms with E-state index in [1.807, 2.05) is 48.5 Å². The molecule has 5 aromatic carbocycles. The Kier molecular flexibility index (Phi) is 17.5. The molecule has 1 aliphatic rings. The van der Waals surface area contributed by atoms with Crippen LogP contribution in [0.15, 0.2) is 97.1 Å². The van der Waals surface area contributed by atoms with Crippen molar-refractivity contribution in [3.05, 3.63) is 158 Å². The minimum absolute atomic E-state index is 0. The second-order valence-electron chi connectivity index (χ2n) is 16.6. The predicted molar refractivity (Wildman–Crippen MR) is 216 cm³/mol. The summed E-state index contributed by atoms with van der Waals surface area (Å²) in [4.78, 5) is 0. The smallest absolute Gasteiger partial charge is 1.00 e. The fraction of sp³-hybridized carbons (Fsp3) is 0.362. The third kappa shape index (κ3) is 12.9. The van der Waals surface area contributed by atoms with Gasteiger partial charge in [-0.15, -0.1) is 11.1 Å². The van der Waals surface area contributed by atoms with E-state index in [4.69, 9.17) is 23.2 Å². The molecule has 0 saturated heterocycles. The van der Waals surface area contributed by atoms with E-state index in [0.717, 1.165) is 16.5 Å². The fourth-order valence-corrected chi connectivity index (χ4v) is 6.99. The average Bonchev–Trinajstić information content (AvgIpc) is 3.68. The summed E-state index contributed by atoms with van der Waals surface area (Å²) < 4.78 is 1.31. The van der Waals surface area contributed by atoms with Crippen LogP contribution >= 0.6 is 23.2 Å². The molecule has 0 radical (unpaired) electrons. The summed E-state index contributed by atoms with van der Waals surface area (Å²) in [5.74, 6) is 0. The topological polar surface area (TPSA) is 0 Å². The van der Waals surface area contributed by atoms with Crippen molar-refractivity contribution in [2.24, 2.45) is 0 Å². The van der Waals surface area contributed by atoms with E-state index in [2.05, 4.69) is 124 Å². The number of hydrogen-bond donors (Lipinski definition) is 0. The molecule has 0 nitrogen and oxygen atoms in total. The van der Waals surface area contributed by atoms with Gasteiger partial charge in [-0.3, -0.25) is 0 Å². The third-order valence-electron chi connectivity index (χ3n) is 9.23. The van der Waals surface area contributed by atoms with Crippen molar-refractivity contribution in [2.45, 2.75) is 111 Å². The Hall–Kier alpha value is -1.86. The molecule has 0 aliphatic heterocycles. The van der Waals surface area contributed by atoms with Crippen LogP contribution in [0.25, 0.3) is 11.1 Å². The molecule has 0 heterocycles. The van der Waals surface area contributed by atoms with Crippen LogP contribution in [-0.2, 0) is 53.3 Å².